The van der Waals surface area contributed by atoms with Crippen LogP contribution in [-0.4, -0.2) is 16.9 Å². The average Bonchev–Trinajstić information content (AvgIpc) is 1.65. The number of hydrogen-bond donors (Lipinski definition) is 0. The van der Waals surface area contributed by atoms with Crippen LogP contribution >= 0.6 is 34.8 Å². The van der Waals surface area contributed by atoms with Crippen LogP contribution in [0.2, 0.25) is 0 Å². The SMILES string of the molecule is FCC(Cl)C(Cl)Cl. The van der Waals surface area contributed by atoms with E-state index >= 15 is 0 Å². The lowest BCUT2D eigenvalue weighted by Crippen LogP contribution is -2.09. The van der Waals surface area contributed by atoms with Crippen molar-refractivity contribution in [1.29, 1.82) is 0 Å². The maximum absolute atomic E-state index is 11.3. The van der Waals surface area contributed by atoms with Crippen LogP contribution < -0.4 is 0 Å². The standard InChI is InChI=1S/C3H4Cl3F/c4-2(1-7)3(5)6/h2-3H,1H2. The van der Waals surface area contributed by atoms with Crippen LogP contribution in [0.4, 0.5) is 4.39 Å². The summed E-state index contributed by atoms with van der Waals surface area (Å²) in [5.41, 5.74) is 0. The Labute approximate surface area is 56.5 Å². The molecule has 0 fully saturated rings. The summed E-state index contributed by atoms with van der Waals surface area (Å²) in [6, 6.07) is 0. The summed E-state index contributed by atoms with van der Waals surface area (Å²) in [5.74, 6) is 0. The molecule has 0 aromatic carbocycles. The maximum Gasteiger partial charge on any atom is 0.126 e. The minimum atomic E-state index is -0.799. The van der Waals surface area contributed by atoms with Gasteiger partial charge >= 0.3 is 0 Å². The van der Waals surface area contributed by atoms with Crippen molar-refractivity contribution in [2.75, 3.05) is 6.67 Å². The summed E-state index contributed by atoms with van der Waals surface area (Å²) >= 11 is 15.4. The fraction of sp³-hybridized carbons (Fsp3) is 1.00. The van der Waals surface area contributed by atoms with E-state index in [4.69, 9.17) is 34.8 Å². The molecule has 0 saturated carbocycles. The van der Waals surface area contributed by atoms with Crippen LogP contribution in [0.3, 0.4) is 0 Å². The third-order valence-corrected chi connectivity index (χ3v) is 1.66. The fourth-order valence-electron chi connectivity index (χ4n) is 0.0673. The van der Waals surface area contributed by atoms with Gasteiger partial charge in [-0.1, -0.05) is 0 Å². The monoisotopic (exact) mass is 164 g/mol. The van der Waals surface area contributed by atoms with E-state index < -0.39 is 16.9 Å². The van der Waals surface area contributed by atoms with Crippen molar-refractivity contribution in [2.24, 2.45) is 0 Å². The Morgan fingerprint density at radius 1 is 1.29 bits per heavy atom. The second kappa shape index (κ2) is 3.76. The van der Waals surface area contributed by atoms with Crippen LogP contribution in [0.25, 0.3) is 0 Å². The van der Waals surface area contributed by atoms with Gasteiger partial charge in [0.05, 0.1) is 5.38 Å². The van der Waals surface area contributed by atoms with Crippen molar-refractivity contribution >= 4 is 34.8 Å². The molecule has 0 aliphatic rings. The lowest BCUT2D eigenvalue weighted by Gasteiger charge is -2.01. The zero-order valence-electron chi connectivity index (χ0n) is 3.37. The van der Waals surface area contributed by atoms with Crippen LogP contribution in [0.1, 0.15) is 0 Å². The Bertz CT molecular complexity index is 47.4. The third-order valence-electron chi connectivity index (χ3n) is 0.421. The number of hydrogen-bond acceptors (Lipinski definition) is 0. The molecule has 0 aliphatic carbocycles. The van der Waals surface area contributed by atoms with Gasteiger partial charge in [0.2, 0.25) is 0 Å². The lowest BCUT2D eigenvalue weighted by atomic mass is 10.5. The van der Waals surface area contributed by atoms with Gasteiger partial charge in [0, 0.05) is 0 Å². The van der Waals surface area contributed by atoms with Crippen molar-refractivity contribution in [3.05, 3.63) is 0 Å². The highest BCUT2D eigenvalue weighted by Gasteiger charge is 2.11. The van der Waals surface area contributed by atoms with Gasteiger partial charge < -0.3 is 0 Å². The van der Waals surface area contributed by atoms with Gasteiger partial charge in [0.1, 0.15) is 11.5 Å². The second-order valence-electron chi connectivity index (χ2n) is 1.00. The second-order valence-corrected chi connectivity index (χ2v) is 2.73. The topological polar surface area (TPSA) is 0 Å². The van der Waals surface area contributed by atoms with Gasteiger partial charge in [-0.3, -0.25) is 0 Å². The van der Waals surface area contributed by atoms with Crippen LogP contribution in [0.5, 0.6) is 0 Å². The molecular weight excluding hydrogens is 161 g/mol. The van der Waals surface area contributed by atoms with E-state index in [9.17, 15) is 4.39 Å². The molecule has 0 heterocycles. The van der Waals surface area contributed by atoms with E-state index in [0.29, 0.717) is 0 Å². The summed E-state index contributed by atoms with van der Waals surface area (Å²) in [7, 11) is 0. The van der Waals surface area contributed by atoms with Gasteiger partial charge in [0.15, 0.2) is 0 Å². The molecule has 0 bridgehead atoms. The number of halogens is 4. The zero-order chi connectivity index (χ0) is 5.86. The first kappa shape index (κ1) is 7.80. The van der Waals surface area contributed by atoms with Crippen LogP contribution in [0, 0.1) is 0 Å². The van der Waals surface area contributed by atoms with E-state index in [1.165, 1.54) is 0 Å². The summed E-state index contributed by atoms with van der Waals surface area (Å²) in [6.07, 6.45) is 0. The molecule has 0 nitrogen and oxygen atoms in total. The first-order valence-corrected chi connectivity index (χ1v) is 2.97. The Balaban J connectivity index is 3.14. The van der Waals surface area contributed by atoms with E-state index in [-0.39, 0.29) is 0 Å². The highest BCUT2D eigenvalue weighted by atomic mass is 35.5. The maximum atomic E-state index is 11.3. The van der Waals surface area contributed by atoms with Gasteiger partial charge in [-0.15, -0.1) is 34.8 Å². The van der Waals surface area contributed by atoms with Gasteiger partial charge in [-0.2, -0.15) is 0 Å². The average molecular weight is 165 g/mol. The van der Waals surface area contributed by atoms with E-state index in [0.717, 1.165) is 0 Å². The predicted octanol–water partition coefficient (Wildman–Crippen LogP) is 2.37. The number of alkyl halides is 4. The molecule has 0 aliphatic heterocycles. The first-order valence-electron chi connectivity index (χ1n) is 1.66. The Kier molecular flexibility index (Phi) is 4.19. The van der Waals surface area contributed by atoms with Crippen LogP contribution in [0.15, 0.2) is 0 Å². The minimum Gasteiger partial charge on any atom is -0.249 e. The minimum absolute atomic E-state index is 0.681. The molecule has 0 rings (SSSR count). The fourth-order valence-corrected chi connectivity index (χ4v) is 0.202. The molecule has 1 atom stereocenters. The molecule has 0 saturated heterocycles. The predicted molar refractivity (Wildman–Crippen MR) is 31.1 cm³/mol. The van der Waals surface area contributed by atoms with E-state index in [1.807, 2.05) is 0 Å². The Hall–Kier alpha value is 0.800. The van der Waals surface area contributed by atoms with Crippen molar-refractivity contribution in [3.8, 4) is 0 Å². The van der Waals surface area contributed by atoms with Crippen molar-refractivity contribution in [2.45, 2.75) is 10.2 Å². The zero-order valence-corrected chi connectivity index (χ0v) is 5.64. The molecule has 44 valence electrons. The smallest absolute Gasteiger partial charge is 0.126 e. The van der Waals surface area contributed by atoms with Gasteiger partial charge in [-0.25, -0.2) is 4.39 Å². The van der Waals surface area contributed by atoms with E-state index in [1.54, 1.807) is 0 Å². The molecule has 0 aromatic rings. The largest absolute Gasteiger partial charge is 0.249 e. The summed E-state index contributed by atoms with van der Waals surface area (Å²) in [6.45, 7) is -0.681. The quantitative estimate of drug-likeness (QED) is 0.551. The molecule has 0 amide bonds. The Morgan fingerprint density at radius 3 is 1.71 bits per heavy atom. The molecule has 4 heteroatoms. The molecule has 1 unspecified atom stereocenters. The normalized spacial score (nSPS) is 15.0. The Morgan fingerprint density at radius 2 is 1.71 bits per heavy atom. The summed E-state index contributed by atoms with van der Waals surface area (Å²) < 4.78 is 11.3. The first-order chi connectivity index (χ1) is 3.18. The molecule has 0 radical (unpaired) electrons. The van der Waals surface area contributed by atoms with Gasteiger partial charge in [0.25, 0.3) is 0 Å². The van der Waals surface area contributed by atoms with E-state index in [2.05, 4.69) is 0 Å². The molecule has 0 N–H and O–H groups in total. The number of rotatable bonds is 2. The lowest BCUT2D eigenvalue weighted by molar-refractivity contribution is 0.487. The summed E-state index contributed by atoms with van der Waals surface area (Å²) in [4.78, 5) is -0.799. The molecular formula is C3H4Cl3F. The highest BCUT2D eigenvalue weighted by molar-refractivity contribution is 6.48. The molecule has 0 aromatic heterocycles. The van der Waals surface area contributed by atoms with Crippen molar-refractivity contribution in [1.82, 2.24) is 0 Å². The van der Waals surface area contributed by atoms with Crippen LogP contribution in [-0.2, 0) is 0 Å². The van der Waals surface area contributed by atoms with Crippen molar-refractivity contribution < 1.29 is 4.39 Å². The summed E-state index contributed by atoms with van der Waals surface area (Å²) in [5, 5.41) is -0.761. The van der Waals surface area contributed by atoms with Gasteiger partial charge in [-0.05, 0) is 0 Å². The van der Waals surface area contributed by atoms with Crippen molar-refractivity contribution in [3.63, 3.8) is 0 Å². The highest BCUT2D eigenvalue weighted by Crippen LogP contribution is 2.13. The molecule has 0 spiro atoms. The third kappa shape index (κ3) is 3.39. The molecule has 7 heavy (non-hydrogen) atoms.